The third-order valence-electron chi connectivity index (χ3n) is 4.32. The van der Waals surface area contributed by atoms with E-state index in [1.165, 1.54) is 0 Å². The Balaban J connectivity index is 1.67. The number of aromatic nitrogens is 2. The van der Waals surface area contributed by atoms with Gasteiger partial charge in [0.2, 0.25) is 0 Å². The maximum Gasteiger partial charge on any atom is 0.162 e. The van der Waals surface area contributed by atoms with Crippen molar-refractivity contribution in [1.82, 2.24) is 15.3 Å². The Morgan fingerprint density at radius 1 is 1.04 bits per heavy atom. The van der Waals surface area contributed by atoms with Crippen molar-refractivity contribution in [3.05, 3.63) is 54.6 Å². The lowest BCUT2D eigenvalue weighted by Crippen LogP contribution is -2.29. The predicted octanol–water partition coefficient (Wildman–Crippen LogP) is 3.41. The molecule has 1 aromatic heterocycles. The third kappa shape index (κ3) is 3.08. The lowest BCUT2D eigenvalue weighted by atomic mass is 10.1. The first-order valence-electron chi connectivity index (χ1n) is 8.23. The van der Waals surface area contributed by atoms with E-state index in [0.717, 1.165) is 22.3 Å². The minimum Gasteiger partial charge on any atom is -0.368 e. The molecule has 122 valence electrons. The molecule has 0 bridgehead atoms. The molecular weight excluding hydrogens is 303 g/mol. The summed E-state index contributed by atoms with van der Waals surface area (Å²) < 4.78 is 13.3. The summed E-state index contributed by atoms with van der Waals surface area (Å²) in [6.45, 7) is 1.09. The fourth-order valence-electron chi connectivity index (χ4n) is 3.07. The minimum atomic E-state index is -0.751. The smallest absolute Gasteiger partial charge is 0.162 e. The summed E-state index contributed by atoms with van der Waals surface area (Å²) in [6, 6.07) is 18.0. The van der Waals surface area contributed by atoms with E-state index in [2.05, 4.69) is 15.6 Å². The molecule has 24 heavy (non-hydrogen) atoms. The average Bonchev–Trinajstić information content (AvgIpc) is 3.05. The number of rotatable bonds is 4. The molecule has 1 aliphatic heterocycles. The highest BCUT2D eigenvalue weighted by Gasteiger charge is 2.23. The highest BCUT2D eigenvalue weighted by atomic mass is 19.1. The fraction of sp³-hybridized carbons (Fsp3) is 0.263. The van der Waals surface area contributed by atoms with Gasteiger partial charge in [-0.1, -0.05) is 42.5 Å². The first-order chi connectivity index (χ1) is 11.8. The van der Waals surface area contributed by atoms with E-state index in [1.807, 2.05) is 54.6 Å². The van der Waals surface area contributed by atoms with Crippen LogP contribution in [0.2, 0.25) is 0 Å². The van der Waals surface area contributed by atoms with Crippen LogP contribution >= 0.6 is 0 Å². The van der Waals surface area contributed by atoms with Gasteiger partial charge in [0, 0.05) is 30.1 Å². The van der Waals surface area contributed by atoms with Crippen LogP contribution in [0.5, 0.6) is 0 Å². The Hall–Kier alpha value is -2.53. The van der Waals surface area contributed by atoms with Gasteiger partial charge in [0.1, 0.15) is 12.0 Å². The molecule has 0 spiro atoms. The van der Waals surface area contributed by atoms with Crippen molar-refractivity contribution < 1.29 is 4.39 Å². The second-order valence-electron chi connectivity index (χ2n) is 6.10. The van der Waals surface area contributed by atoms with Gasteiger partial charge in [-0.15, -0.1) is 0 Å². The number of nitrogens with zero attached hydrogens (tertiary/aromatic N) is 2. The largest absolute Gasteiger partial charge is 0.368 e. The molecule has 4 nitrogen and oxygen atoms in total. The van der Waals surface area contributed by atoms with Gasteiger partial charge in [-0.25, -0.2) is 14.4 Å². The van der Waals surface area contributed by atoms with Gasteiger partial charge in [-0.3, -0.25) is 0 Å². The molecule has 2 aromatic carbocycles. The van der Waals surface area contributed by atoms with Crippen LogP contribution in [0, 0.1) is 0 Å². The standard InChI is InChI=1S/C19H19FN4/c20-14-10-15(21-11-14)12-22-19-16-8-4-5-9-17(16)23-18(24-19)13-6-2-1-3-7-13/h1-9,14-15,21H,10-12H2,(H,22,23,24). The van der Waals surface area contributed by atoms with E-state index < -0.39 is 6.17 Å². The average molecular weight is 322 g/mol. The third-order valence-corrected chi connectivity index (χ3v) is 4.32. The zero-order chi connectivity index (χ0) is 16.4. The van der Waals surface area contributed by atoms with E-state index in [9.17, 15) is 4.39 Å². The number of benzene rings is 2. The molecule has 1 saturated heterocycles. The number of nitrogens with one attached hydrogen (secondary N) is 2. The van der Waals surface area contributed by atoms with Crippen molar-refractivity contribution in [2.45, 2.75) is 18.6 Å². The number of alkyl halides is 1. The molecule has 0 aliphatic carbocycles. The Morgan fingerprint density at radius 3 is 2.62 bits per heavy atom. The normalized spacial score (nSPS) is 20.4. The van der Waals surface area contributed by atoms with Crippen molar-refractivity contribution in [2.75, 3.05) is 18.4 Å². The predicted molar refractivity (Wildman–Crippen MR) is 94.8 cm³/mol. The quantitative estimate of drug-likeness (QED) is 0.773. The molecule has 0 radical (unpaired) electrons. The SMILES string of the molecule is FC1CNC(CNc2nc(-c3ccccc3)nc3ccccc23)C1. The highest BCUT2D eigenvalue weighted by molar-refractivity contribution is 5.90. The van der Waals surface area contributed by atoms with Gasteiger partial charge in [0.25, 0.3) is 0 Å². The summed E-state index contributed by atoms with van der Waals surface area (Å²) in [6.07, 6.45) is -0.208. The van der Waals surface area contributed by atoms with Crippen LogP contribution in [-0.2, 0) is 0 Å². The molecule has 2 atom stereocenters. The first kappa shape index (κ1) is 15.0. The topological polar surface area (TPSA) is 49.8 Å². The molecule has 3 aromatic rings. The highest BCUT2D eigenvalue weighted by Crippen LogP contribution is 2.25. The summed E-state index contributed by atoms with van der Waals surface area (Å²) >= 11 is 0. The van der Waals surface area contributed by atoms with Gasteiger partial charge >= 0.3 is 0 Å². The summed E-state index contributed by atoms with van der Waals surface area (Å²) in [4.78, 5) is 9.38. The van der Waals surface area contributed by atoms with E-state index in [0.29, 0.717) is 25.3 Å². The maximum atomic E-state index is 13.3. The summed E-state index contributed by atoms with van der Waals surface area (Å²) in [7, 11) is 0. The van der Waals surface area contributed by atoms with Gasteiger partial charge < -0.3 is 10.6 Å². The van der Waals surface area contributed by atoms with Crippen LogP contribution in [0.3, 0.4) is 0 Å². The van der Waals surface area contributed by atoms with E-state index >= 15 is 0 Å². The number of halogens is 1. The Kier molecular flexibility index (Phi) is 4.09. The Bertz CT molecular complexity index is 837. The van der Waals surface area contributed by atoms with Crippen molar-refractivity contribution in [3.8, 4) is 11.4 Å². The molecule has 2 N–H and O–H groups in total. The van der Waals surface area contributed by atoms with Crippen molar-refractivity contribution in [3.63, 3.8) is 0 Å². The number of hydrogen-bond acceptors (Lipinski definition) is 4. The first-order valence-corrected chi connectivity index (χ1v) is 8.23. The van der Waals surface area contributed by atoms with Gasteiger partial charge in [-0.05, 0) is 18.6 Å². The van der Waals surface area contributed by atoms with Crippen molar-refractivity contribution in [1.29, 1.82) is 0 Å². The molecule has 1 fully saturated rings. The molecule has 4 rings (SSSR count). The molecular formula is C19H19FN4. The molecule has 0 amide bonds. The van der Waals surface area contributed by atoms with Crippen LogP contribution in [0.15, 0.2) is 54.6 Å². The summed E-state index contributed by atoms with van der Waals surface area (Å²) in [5, 5.41) is 7.55. The Labute approximate surface area is 140 Å². The molecule has 5 heteroatoms. The molecule has 1 aliphatic rings. The summed E-state index contributed by atoms with van der Waals surface area (Å²) in [5.41, 5.74) is 1.88. The fourth-order valence-corrected chi connectivity index (χ4v) is 3.07. The van der Waals surface area contributed by atoms with Crippen LogP contribution in [0.1, 0.15) is 6.42 Å². The lowest BCUT2D eigenvalue weighted by Gasteiger charge is -2.14. The maximum absolute atomic E-state index is 13.3. The van der Waals surface area contributed by atoms with Crippen LogP contribution in [0.4, 0.5) is 10.2 Å². The van der Waals surface area contributed by atoms with E-state index in [4.69, 9.17) is 4.98 Å². The minimum absolute atomic E-state index is 0.133. The second-order valence-corrected chi connectivity index (χ2v) is 6.10. The molecule has 2 heterocycles. The molecule has 0 saturated carbocycles. The van der Waals surface area contributed by atoms with Gasteiger partial charge in [0.15, 0.2) is 5.82 Å². The zero-order valence-electron chi connectivity index (χ0n) is 13.2. The van der Waals surface area contributed by atoms with Gasteiger partial charge in [0.05, 0.1) is 5.52 Å². The van der Waals surface area contributed by atoms with Crippen LogP contribution in [0.25, 0.3) is 22.3 Å². The number of anilines is 1. The zero-order valence-corrected chi connectivity index (χ0v) is 13.2. The van der Waals surface area contributed by atoms with E-state index in [-0.39, 0.29) is 6.04 Å². The monoisotopic (exact) mass is 322 g/mol. The summed E-state index contributed by atoms with van der Waals surface area (Å²) in [5.74, 6) is 1.49. The van der Waals surface area contributed by atoms with Crippen LogP contribution in [-0.4, -0.2) is 35.3 Å². The number of para-hydroxylation sites is 1. The number of fused-ring (bicyclic) bond motifs is 1. The van der Waals surface area contributed by atoms with Crippen molar-refractivity contribution in [2.24, 2.45) is 0 Å². The van der Waals surface area contributed by atoms with Crippen LogP contribution < -0.4 is 10.6 Å². The Morgan fingerprint density at radius 2 is 1.83 bits per heavy atom. The number of hydrogen-bond donors (Lipinski definition) is 2. The van der Waals surface area contributed by atoms with E-state index in [1.54, 1.807) is 0 Å². The lowest BCUT2D eigenvalue weighted by molar-refractivity contribution is 0.356. The van der Waals surface area contributed by atoms with Crippen molar-refractivity contribution >= 4 is 16.7 Å². The second kappa shape index (κ2) is 6.53. The molecule has 2 unspecified atom stereocenters. The van der Waals surface area contributed by atoms with Gasteiger partial charge in [-0.2, -0.15) is 0 Å².